The minimum atomic E-state index is 0.197. The van der Waals surface area contributed by atoms with Crippen molar-refractivity contribution in [3.05, 3.63) is 35.1 Å². The number of rotatable bonds is 4. The lowest BCUT2D eigenvalue weighted by Gasteiger charge is -2.23. The molecule has 0 aliphatic heterocycles. The fourth-order valence-corrected chi connectivity index (χ4v) is 2.58. The van der Waals surface area contributed by atoms with Gasteiger partial charge in [-0.1, -0.05) is 40.7 Å². The van der Waals surface area contributed by atoms with Gasteiger partial charge in [0.1, 0.15) is 11.3 Å². The van der Waals surface area contributed by atoms with E-state index < -0.39 is 0 Å². The predicted octanol–water partition coefficient (Wildman–Crippen LogP) is 4.70. The molecule has 0 bridgehead atoms. The van der Waals surface area contributed by atoms with E-state index in [-0.39, 0.29) is 5.41 Å². The van der Waals surface area contributed by atoms with Crippen molar-refractivity contribution in [2.75, 3.05) is 0 Å². The van der Waals surface area contributed by atoms with E-state index in [2.05, 4.69) is 52.8 Å². The molecule has 0 aliphatic carbocycles. The number of hydrogen-bond acceptors (Lipinski definition) is 2. The quantitative estimate of drug-likeness (QED) is 0.864. The zero-order valence-electron chi connectivity index (χ0n) is 12.7. The van der Waals surface area contributed by atoms with Gasteiger partial charge in [0, 0.05) is 10.9 Å². The van der Waals surface area contributed by atoms with E-state index in [0.29, 0.717) is 12.5 Å². The highest BCUT2D eigenvalue weighted by molar-refractivity contribution is 5.84. The summed E-state index contributed by atoms with van der Waals surface area (Å²) in [4.78, 5) is 0. The average molecular weight is 259 g/mol. The molecule has 104 valence electrons. The lowest BCUT2D eigenvalue weighted by Crippen LogP contribution is -2.15. The molecule has 2 N–H and O–H groups in total. The monoisotopic (exact) mass is 259 g/mol. The molecule has 0 unspecified atom stereocenters. The molecular formula is C17H25NO. The van der Waals surface area contributed by atoms with Gasteiger partial charge in [0.05, 0.1) is 6.54 Å². The van der Waals surface area contributed by atoms with Crippen molar-refractivity contribution in [3.63, 3.8) is 0 Å². The first-order valence-corrected chi connectivity index (χ1v) is 7.16. The molecule has 0 atom stereocenters. The summed E-state index contributed by atoms with van der Waals surface area (Å²) in [6.07, 6.45) is 1.12. The van der Waals surface area contributed by atoms with Crippen LogP contribution in [0.3, 0.4) is 0 Å². The minimum Gasteiger partial charge on any atom is -0.459 e. The molecular weight excluding hydrogens is 234 g/mol. The van der Waals surface area contributed by atoms with E-state index in [1.807, 2.05) is 0 Å². The second kappa shape index (κ2) is 5.01. The first-order valence-electron chi connectivity index (χ1n) is 7.16. The number of furan rings is 1. The van der Waals surface area contributed by atoms with Gasteiger partial charge >= 0.3 is 0 Å². The molecule has 0 fully saturated rings. The molecule has 19 heavy (non-hydrogen) atoms. The zero-order chi connectivity index (χ0) is 14.2. The normalized spacial score (nSPS) is 12.6. The maximum absolute atomic E-state index is 5.89. The van der Waals surface area contributed by atoms with Gasteiger partial charge in [0.25, 0.3) is 0 Å². The SMILES string of the molecule is CCC(C)(C)c1ccc2oc(CN)c(C(C)C)c2c1. The summed E-state index contributed by atoms with van der Waals surface area (Å²) >= 11 is 0. The fraction of sp³-hybridized carbons (Fsp3) is 0.529. The van der Waals surface area contributed by atoms with Crippen LogP contribution < -0.4 is 5.73 Å². The van der Waals surface area contributed by atoms with Crippen LogP contribution in [0.15, 0.2) is 22.6 Å². The molecule has 1 heterocycles. The first-order chi connectivity index (χ1) is 8.90. The molecule has 0 radical (unpaired) electrons. The molecule has 2 nitrogen and oxygen atoms in total. The van der Waals surface area contributed by atoms with Crippen LogP contribution in [-0.2, 0) is 12.0 Å². The van der Waals surface area contributed by atoms with Crippen molar-refractivity contribution in [2.45, 2.75) is 58.9 Å². The molecule has 0 saturated carbocycles. The van der Waals surface area contributed by atoms with Crippen molar-refractivity contribution in [2.24, 2.45) is 5.73 Å². The Morgan fingerprint density at radius 3 is 2.47 bits per heavy atom. The van der Waals surface area contributed by atoms with Gasteiger partial charge in [0.2, 0.25) is 0 Å². The van der Waals surface area contributed by atoms with Gasteiger partial charge in [0.15, 0.2) is 0 Å². The molecule has 2 rings (SSSR count). The summed E-state index contributed by atoms with van der Waals surface area (Å²) in [7, 11) is 0. The zero-order valence-corrected chi connectivity index (χ0v) is 12.7. The number of benzene rings is 1. The number of hydrogen-bond donors (Lipinski definition) is 1. The summed E-state index contributed by atoms with van der Waals surface area (Å²) in [5, 5.41) is 1.23. The lowest BCUT2D eigenvalue weighted by molar-refractivity contribution is 0.506. The predicted molar refractivity (Wildman–Crippen MR) is 81.5 cm³/mol. The van der Waals surface area contributed by atoms with E-state index in [1.54, 1.807) is 0 Å². The Labute approximate surface area is 116 Å². The second-order valence-electron chi connectivity index (χ2n) is 6.25. The molecule has 2 aromatic rings. The van der Waals surface area contributed by atoms with E-state index in [0.717, 1.165) is 17.8 Å². The van der Waals surface area contributed by atoms with E-state index >= 15 is 0 Å². The van der Waals surface area contributed by atoms with Crippen molar-refractivity contribution in [1.29, 1.82) is 0 Å². The standard InChI is InChI=1S/C17H25NO/c1-6-17(4,5)12-7-8-14-13(9-12)16(11(2)3)15(10-18)19-14/h7-9,11H,6,10,18H2,1-5H3. The van der Waals surface area contributed by atoms with Gasteiger partial charge in [-0.2, -0.15) is 0 Å². The van der Waals surface area contributed by atoms with E-state index in [4.69, 9.17) is 10.2 Å². The summed E-state index contributed by atoms with van der Waals surface area (Å²) in [6.45, 7) is 11.7. The largest absolute Gasteiger partial charge is 0.459 e. The van der Waals surface area contributed by atoms with Crippen LogP contribution in [-0.4, -0.2) is 0 Å². The van der Waals surface area contributed by atoms with Crippen LogP contribution >= 0.6 is 0 Å². The Bertz CT molecular complexity index is 578. The Morgan fingerprint density at radius 1 is 1.26 bits per heavy atom. The van der Waals surface area contributed by atoms with E-state index in [1.165, 1.54) is 16.5 Å². The van der Waals surface area contributed by atoms with Crippen LogP contribution in [0.5, 0.6) is 0 Å². The molecule has 0 spiro atoms. The highest BCUT2D eigenvalue weighted by Gasteiger charge is 2.21. The Morgan fingerprint density at radius 2 is 1.95 bits per heavy atom. The van der Waals surface area contributed by atoms with Crippen LogP contribution in [0.1, 0.15) is 63.8 Å². The third kappa shape index (κ3) is 2.42. The molecule has 2 heteroatoms. The molecule has 1 aromatic heterocycles. The Balaban J connectivity index is 2.67. The Hall–Kier alpha value is -1.28. The molecule has 0 saturated heterocycles. The van der Waals surface area contributed by atoms with Gasteiger partial charge in [-0.15, -0.1) is 0 Å². The maximum Gasteiger partial charge on any atom is 0.134 e. The van der Waals surface area contributed by atoms with Crippen LogP contribution in [0.2, 0.25) is 0 Å². The summed E-state index contributed by atoms with van der Waals surface area (Å²) < 4.78 is 5.89. The van der Waals surface area contributed by atoms with Crippen molar-refractivity contribution in [1.82, 2.24) is 0 Å². The summed E-state index contributed by atoms with van der Waals surface area (Å²) in [6, 6.07) is 6.56. The first kappa shape index (κ1) is 14.1. The smallest absolute Gasteiger partial charge is 0.134 e. The molecule has 0 aliphatic rings. The minimum absolute atomic E-state index is 0.197. The van der Waals surface area contributed by atoms with Gasteiger partial charge in [-0.05, 0) is 35.4 Å². The second-order valence-corrected chi connectivity index (χ2v) is 6.25. The molecule has 0 amide bonds. The van der Waals surface area contributed by atoms with Crippen molar-refractivity contribution >= 4 is 11.0 Å². The highest BCUT2D eigenvalue weighted by atomic mass is 16.3. The third-order valence-electron chi connectivity index (χ3n) is 4.23. The lowest BCUT2D eigenvalue weighted by atomic mass is 9.81. The third-order valence-corrected chi connectivity index (χ3v) is 4.23. The van der Waals surface area contributed by atoms with Crippen molar-refractivity contribution < 1.29 is 4.42 Å². The highest BCUT2D eigenvalue weighted by Crippen LogP contribution is 2.35. The van der Waals surface area contributed by atoms with Crippen LogP contribution in [0, 0.1) is 0 Å². The topological polar surface area (TPSA) is 39.2 Å². The number of fused-ring (bicyclic) bond motifs is 1. The Kier molecular flexibility index (Phi) is 3.73. The van der Waals surface area contributed by atoms with Gasteiger partial charge in [-0.3, -0.25) is 0 Å². The van der Waals surface area contributed by atoms with Crippen LogP contribution in [0.4, 0.5) is 0 Å². The number of nitrogens with two attached hydrogens (primary N) is 1. The summed E-state index contributed by atoms with van der Waals surface area (Å²) in [5.41, 5.74) is 9.60. The van der Waals surface area contributed by atoms with Crippen LogP contribution in [0.25, 0.3) is 11.0 Å². The average Bonchev–Trinajstić information content (AvgIpc) is 2.76. The van der Waals surface area contributed by atoms with Gasteiger partial charge < -0.3 is 10.2 Å². The summed E-state index contributed by atoms with van der Waals surface area (Å²) in [5.74, 6) is 1.36. The van der Waals surface area contributed by atoms with Gasteiger partial charge in [-0.25, -0.2) is 0 Å². The molecule has 1 aromatic carbocycles. The van der Waals surface area contributed by atoms with Crippen molar-refractivity contribution in [3.8, 4) is 0 Å². The van der Waals surface area contributed by atoms with E-state index in [9.17, 15) is 0 Å². The maximum atomic E-state index is 5.89. The fourth-order valence-electron chi connectivity index (χ4n) is 2.58.